The summed E-state index contributed by atoms with van der Waals surface area (Å²) in [4.78, 5) is 31.3. The molecular weight excluding hydrogens is 410 g/mol. The number of carbonyl (C=O) groups excluding carboxylic acids is 2. The van der Waals surface area contributed by atoms with E-state index in [1.807, 2.05) is 31.2 Å². The van der Waals surface area contributed by atoms with Crippen LogP contribution in [0.5, 0.6) is 5.75 Å². The maximum absolute atomic E-state index is 12.0. The minimum absolute atomic E-state index is 0.0246. The van der Waals surface area contributed by atoms with Crippen molar-refractivity contribution in [1.29, 1.82) is 0 Å². The second-order valence-corrected chi connectivity index (χ2v) is 8.08. The van der Waals surface area contributed by atoms with E-state index in [1.165, 1.54) is 6.08 Å². The van der Waals surface area contributed by atoms with Gasteiger partial charge in [-0.1, -0.05) is 18.7 Å². The third-order valence-electron chi connectivity index (χ3n) is 5.83. The van der Waals surface area contributed by atoms with Crippen molar-refractivity contribution < 1.29 is 19.1 Å². The van der Waals surface area contributed by atoms with E-state index in [-0.39, 0.29) is 30.9 Å². The number of nitrogens with one attached hydrogen (secondary N) is 2. The van der Waals surface area contributed by atoms with E-state index in [0.29, 0.717) is 32.2 Å². The molecule has 0 radical (unpaired) electrons. The van der Waals surface area contributed by atoms with Gasteiger partial charge in [-0.25, -0.2) is 4.79 Å². The molecule has 9 nitrogen and oxygen atoms in total. The molecule has 3 aliphatic rings. The van der Waals surface area contributed by atoms with Crippen molar-refractivity contribution in [2.75, 3.05) is 32.8 Å². The highest BCUT2D eigenvalue weighted by Crippen LogP contribution is 2.23. The first-order valence-electron chi connectivity index (χ1n) is 10.9. The van der Waals surface area contributed by atoms with Gasteiger partial charge >= 0.3 is 6.09 Å². The predicted octanol–water partition coefficient (Wildman–Crippen LogP) is 2.00. The van der Waals surface area contributed by atoms with Gasteiger partial charge < -0.3 is 19.7 Å². The first-order valence-corrected chi connectivity index (χ1v) is 10.9. The van der Waals surface area contributed by atoms with E-state index in [2.05, 4.69) is 29.1 Å². The predicted molar refractivity (Wildman–Crippen MR) is 120 cm³/mol. The highest BCUT2D eigenvalue weighted by atomic mass is 16.6. The molecule has 0 aromatic heterocycles. The fraction of sp³-hybridized carbons (Fsp3) is 0.435. The minimum atomic E-state index is -0.349. The summed E-state index contributed by atoms with van der Waals surface area (Å²) < 4.78 is 11.0. The van der Waals surface area contributed by atoms with Crippen LogP contribution in [0.3, 0.4) is 0 Å². The van der Waals surface area contributed by atoms with Crippen molar-refractivity contribution in [1.82, 2.24) is 20.4 Å². The highest BCUT2D eigenvalue weighted by molar-refractivity contribution is 5.87. The zero-order chi connectivity index (χ0) is 22.7. The Morgan fingerprint density at radius 1 is 1.41 bits per heavy atom. The fourth-order valence-electron chi connectivity index (χ4n) is 3.91. The fourth-order valence-corrected chi connectivity index (χ4v) is 3.91. The zero-order valence-corrected chi connectivity index (χ0v) is 18.4. The number of amides is 2. The number of cyclic esters (lactones) is 1. The van der Waals surface area contributed by atoms with Gasteiger partial charge in [0, 0.05) is 43.4 Å². The van der Waals surface area contributed by atoms with Gasteiger partial charge in [0.05, 0.1) is 6.61 Å². The molecule has 3 heterocycles. The van der Waals surface area contributed by atoms with Crippen LogP contribution in [0.1, 0.15) is 25.5 Å². The average molecular weight is 440 g/mol. The number of rotatable bonds is 8. The van der Waals surface area contributed by atoms with Crippen LogP contribution in [0, 0.1) is 5.92 Å². The second-order valence-electron chi connectivity index (χ2n) is 8.08. The van der Waals surface area contributed by atoms with E-state index in [4.69, 9.17) is 9.47 Å². The van der Waals surface area contributed by atoms with Crippen molar-refractivity contribution in [2.24, 2.45) is 10.9 Å². The molecule has 0 saturated carbocycles. The third kappa shape index (κ3) is 4.62. The van der Waals surface area contributed by atoms with Crippen LogP contribution < -0.4 is 15.4 Å². The van der Waals surface area contributed by atoms with Gasteiger partial charge in [-0.05, 0) is 37.6 Å². The first-order chi connectivity index (χ1) is 15.5. The lowest BCUT2D eigenvalue weighted by Gasteiger charge is -2.38. The van der Waals surface area contributed by atoms with Crippen LogP contribution in [0.15, 0.2) is 53.3 Å². The number of ether oxygens (including phenoxy) is 2. The molecule has 0 bridgehead atoms. The second kappa shape index (κ2) is 9.44. The summed E-state index contributed by atoms with van der Waals surface area (Å²) in [7, 11) is 0. The van der Waals surface area contributed by atoms with E-state index in [0.717, 1.165) is 22.7 Å². The minimum Gasteiger partial charge on any atom is -0.493 e. The van der Waals surface area contributed by atoms with Gasteiger partial charge in [0.1, 0.15) is 18.2 Å². The molecule has 2 atom stereocenters. The Labute approximate surface area is 187 Å². The Morgan fingerprint density at radius 2 is 2.16 bits per heavy atom. The molecule has 0 aliphatic carbocycles. The largest absolute Gasteiger partial charge is 0.493 e. The summed E-state index contributed by atoms with van der Waals surface area (Å²) in [6.07, 6.45) is 2.41. The molecule has 2 amide bonds. The maximum atomic E-state index is 12.0. The van der Waals surface area contributed by atoms with Gasteiger partial charge in [0.15, 0.2) is 6.29 Å². The molecule has 3 aliphatic heterocycles. The van der Waals surface area contributed by atoms with Crippen LogP contribution >= 0.6 is 0 Å². The van der Waals surface area contributed by atoms with E-state index in [9.17, 15) is 9.59 Å². The summed E-state index contributed by atoms with van der Waals surface area (Å²) in [5.41, 5.74) is 1.96. The maximum Gasteiger partial charge on any atom is 0.415 e. The molecule has 4 rings (SSSR count). The normalized spacial score (nSPS) is 21.3. The van der Waals surface area contributed by atoms with Crippen LogP contribution in [0.2, 0.25) is 0 Å². The molecule has 170 valence electrons. The topological polar surface area (TPSA) is 95.5 Å². The number of likely N-dealkylation sites (tertiary alicyclic amines) is 1. The first kappa shape index (κ1) is 21.9. The Kier molecular flexibility index (Phi) is 6.45. The summed E-state index contributed by atoms with van der Waals surface area (Å²) in [5, 5.41) is 6.73. The van der Waals surface area contributed by atoms with Crippen LogP contribution in [-0.4, -0.2) is 67.2 Å². The van der Waals surface area contributed by atoms with Gasteiger partial charge in [-0.3, -0.25) is 20.0 Å². The van der Waals surface area contributed by atoms with E-state index >= 15 is 0 Å². The quantitative estimate of drug-likeness (QED) is 0.602. The van der Waals surface area contributed by atoms with Crippen molar-refractivity contribution in [2.45, 2.75) is 26.2 Å². The Hall–Kier alpha value is -3.33. The third-order valence-corrected chi connectivity index (χ3v) is 5.83. The molecule has 1 aromatic rings. The highest BCUT2D eigenvalue weighted by Gasteiger charge is 2.31. The molecule has 9 heteroatoms. The Morgan fingerprint density at radius 3 is 2.84 bits per heavy atom. The van der Waals surface area contributed by atoms with Crippen LogP contribution in [0.25, 0.3) is 0 Å². The Balaban J connectivity index is 1.26. The number of hydrogen-bond acceptors (Lipinski definition) is 7. The molecule has 1 fully saturated rings. The molecule has 32 heavy (non-hydrogen) atoms. The summed E-state index contributed by atoms with van der Waals surface area (Å²) in [5.74, 6) is 1.88. The van der Waals surface area contributed by atoms with Crippen molar-refractivity contribution in [3.63, 3.8) is 0 Å². The van der Waals surface area contributed by atoms with Crippen molar-refractivity contribution >= 4 is 18.2 Å². The molecule has 0 spiro atoms. The van der Waals surface area contributed by atoms with Gasteiger partial charge in [0.2, 0.25) is 5.91 Å². The van der Waals surface area contributed by atoms with E-state index < -0.39 is 0 Å². The average Bonchev–Trinajstić information content (AvgIpc) is 2.78. The molecule has 1 aromatic carbocycles. The lowest BCUT2D eigenvalue weighted by atomic mass is 10.0. The van der Waals surface area contributed by atoms with Crippen LogP contribution in [-0.2, 0) is 9.53 Å². The molecule has 2 N–H and O–H groups in total. The SMILES string of the molecule is C=CC(=O)N1CC(COc2ccc([C@H](C)NC3N=CC4=C(N3)N(CC)C(=O)OC4)cc2)C1. The van der Waals surface area contributed by atoms with Gasteiger partial charge in [-0.15, -0.1) is 0 Å². The lowest BCUT2D eigenvalue weighted by molar-refractivity contribution is -0.132. The number of benzene rings is 1. The summed E-state index contributed by atoms with van der Waals surface area (Å²) >= 11 is 0. The Bertz CT molecular complexity index is 936. The smallest absolute Gasteiger partial charge is 0.415 e. The number of carbonyl (C=O) groups is 2. The monoisotopic (exact) mass is 439 g/mol. The zero-order valence-electron chi connectivity index (χ0n) is 18.4. The van der Waals surface area contributed by atoms with Gasteiger partial charge in [0.25, 0.3) is 0 Å². The van der Waals surface area contributed by atoms with Gasteiger partial charge in [-0.2, -0.15) is 0 Å². The lowest BCUT2D eigenvalue weighted by Crippen LogP contribution is -2.51. The molecule has 1 unspecified atom stereocenters. The summed E-state index contributed by atoms with van der Waals surface area (Å²) in [6.45, 7) is 10.2. The summed E-state index contributed by atoms with van der Waals surface area (Å²) in [6, 6.07) is 7.97. The molecular formula is C23H29N5O4. The standard InChI is InChI=1S/C23H29N5O4/c1-4-20(29)27-11-16(12-27)13-31-19-8-6-17(7-9-19)15(3)25-22-24-10-18-14-32-23(30)28(5-2)21(18)26-22/h4,6-10,15-16,22,25-26H,1,5,11-14H2,2-3H3/t15-,22?/m0/s1. The molecule has 1 saturated heterocycles. The number of nitrogens with zero attached hydrogens (tertiary/aromatic N) is 3. The van der Waals surface area contributed by atoms with Crippen molar-refractivity contribution in [3.05, 3.63) is 53.9 Å². The number of aliphatic imine (C=N–C) groups is 1. The van der Waals surface area contributed by atoms with Crippen molar-refractivity contribution in [3.8, 4) is 5.75 Å². The van der Waals surface area contributed by atoms with E-state index in [1.54, 1.807) is 16.0 Å². The number of hydrogen-bond donors (Lipinski definition) is 2. The van der Waals surface area contributed by atoms with Crippen LogP contribution in [0.4, 0.5) is 4.79 Å².